The zero-order valence-corrected chi connectivity index (χ0v) is 10.4. The highest BCUT2D eigenvalue weighted by atomic mass is 19.4. The van der Waals surface area contributed by atoms with Crippen LogP contribution in [0.1, 0.15) is 18.4 Å². The standard InChI is InChI=1S/C13H16F3NO2/c14-13(15,16)10-17(12(19)7-4-8-18)9-11-5-2-1-3-6-11/h1-3,5-6,18H,4,7-10H2. The summed E-state index contributed by atoms with van der Waals surface area (Å²) in [5, 5.41) is 8.63. The molecular weight excluding hydrogens is 259 g/mol. The zero-order chi connectivity index (χ0) is 14.3. The largest absolute Gasteiger partial charge is 0.406 e. The summed E-state index contributed by atoms with van der Waals surface area (Å²) in [5.41, 5.74) is 0.643. The van der Waals surface area contributed by atoms with Gasteiger partial charge in [0.1, 0.15) is 6.54 Å². The van der Waals surface area contributed by atoms with E-state index in [4.69, 9.17) is 5.11 Å². The first-order valence-electron chi connectivity index (χ1n) is 5.91. The second kappa shape index (κ2) is 7.13. The summed E-state index contributed by atoms with van der Waals surface area (Å²) < 4.78 is 37.3. The Bertz CT molecular complexity index is 393. The van der Waals surface area contributed by atoms with Gasteiger partial charge in [-0.25, -0.2) is 0 Å². The van der Waals surface area contributed by atoms with Crippen LogP contribution in [0.4, 0.5) is 13.2 Å². The topological polar surface area (TPSA) is 40.5 Å². The first-order chi connectivity index (χ1) is 8.92. The van der Waals surface area contributed by atoms with Crippen molar-refractivity contribution in [3.8, 4) is 0 Å². The summed E-state index contributed by atoms with van der Waals surface area (Å²) in [5.74, 6) is -0.602. The Hall–Kier alpha value is -1.56. The highest BCUT2D eigenvalue weighted by Crippen LogP contribution is 2.19. The summed E-state index contributed by atoms with van der Waals surface area (Å²) in [6.45, 7) is -1.56. The van der Waals surface area contributed by atoms with Gasteiger partial charge in [-0.05, 0) is 12.0 Å². The molecule has 0 aliphatic rings. The van der Waals surface area contributed by atoms with Crippen LogP contribution in [0.5, 0.6) is 0 Å². The number of alkyl halides is 3. The number of amides is 1. The number of hydrogen-bond acceptors (Lipinski definition) is 2. The van der Waals surface area contributed by atoms with Crippen molar-refractivity contribution >= 4 is 5.91 Å². The van der Waals surface area contributed by atoms with Crippen LogP contribution in [0.15, 0.2) is 30.3 Å². The van der Waals surface area contributed by atoms with E-state index in [2.05, 4.69) is 0 Å². The minimum atomic E-state index is -4.43. The lowest BCUT2D eigenvalue weighted by Gasteiger charge is -2.24. The third kappa shape index (κ3) is 6.24. The molecule has 0 radical (unpaired) electrons. The molecule has 0 aliphatic carbocycles. The molecule has 1 amide bonds. The number of aliphatic hydroxyl groups is 1. The number of carbonyl (C=O) groups is 1. The van der Waals surface area contributed by atoms with Crippen LogP contribution in [0, 0.1) is 0 Å². The van der Waals surface area contributed by atoms with Gasteiger partial charge in [-0.3, -0.25) is 4.79 Å². The second-order valence-corrected chi connectivity index (χ2v) is 4.18. The summed E-state index contributed by atoms with van der Waals surface area (Å²) in [7, 11) is 0. The van der Waals surface area contributed by atoms with Crippen molar-refractivity contribution in [3.63, 3.8) is 0 Å². The van der Waals surface area contributed by atoms with Crippen molar-refractivity contribution in [2.45, 2.75) is 25.6 Å². The molecule has 0 bridgehead atoms. The van der Waals surface area contributed by atoms with E-state index in [1.807, 2.05) is 0 Å². The Morgan fingerprint density at radius 1 is 1.21 bits per heavy atom. The Morgan fingerprint density at radius 2 is 1.84 bits per heavy atom. The minimum Gasteiger partial charge on any atom is -0.396 e. The van der Waals surface area contributed by atoms with Gasteiger partial charge in [0.2, 0.25) is 5.91 Å². The van der Waals surface area contributed by atoms with Gasteiger partial charge in [-0.1, -0.05) is 30.3 Å². The molecule has 1 rings (SSSR count). The van der Waals surface area contributed by atoms with Crippen molar-refractivity contribution in [2.24, 2.45) is 0 Å². The van der Waals surface area contributed by atoms with Crippen LogP contribution in [-0.2, 0) is 11.3 Å². The van der Waals surface area contributed by atoms with Gasteiger partial charge in [0.15, 0.2) is 0 Å². The lowest BCUT2D eigenvalue weighted by atomic mass is 10.2. The SMILES string of the molecule is O=C(CCCO)N(Cc1ccccc1)CC(F)(F)F. The van der Waals surface area contributed by atoms with Crippen LogP contribution in [0.25, 0.3) is 0 Å². The second-order valence-electron chi connectivity index (χ2n) is 4.18. The van der Waals surface area contributed by atoms with Gasteiger partial charge in [0, 0.05) is 19.6 Å². The number of nitrogens with zero attached hydrogens (tertiary/aromatic N) is 1. The number of carbonyl (C=O) groups excluding carboxylic acids is 1. The maximum atomic E-state index is 12.4. The zero-order valence-electron chi connectivity index (χ0n) is 10.4. The van der Waals surface area contributed by atoms with E-state index in [0.717, 1.165) is 4.90 Å². The first-order valence-corrected chi connectivity index (χ1v) is 5.91. The number of benzene rings is 1. The number of halogens is 3. The molecule has 0 fully saturated rings. The summed E-state index contributed by atoms with van der Waals surface area (Å²) >= 11 is 0. The molecule has 1 aromatic carbocycles. The van der Waals surface area contributed by atoms with Gasteiger partial charge in [0.05, 0.1) is 0 Å². The van der Waals surface area contributed by atoms with Crippen LogP contribution in [0.2, 0.25) is 0 Å². The predicted octanol–water partition coefficient (Wildman–Crippen LogP) is 2.35. The van der Waals surface area contributed by atoms with E-state index in [-0.39, 0.29) is 26.0 Å². The highest BCUT2D eigenvalue weighted by molar-refractivity contribution is 5.76. The van der Waals surface area contributed by atoms with E-state index < -0.39 is 18.6 Å². The summed E-state index contributed by atoms with van der Waals surface area (Å²) in [6.07, 6.45) is -4.34. The molecule has 0 heterocycles. The quantitative estimate of drug-likeness (QED) is 0.865. The van der Waals surface area contributed by atoms with E-state index in [1.165, 1.54) is 0 Å². The van der Waals surface area contributed by atoms with Crippen molar-refractivity contribution < 1.29 is 23.1 Å². The Kier molecular flexibility index (Phi) is 5.82. The number of rotatable bonds is 6. The lowest BCUT2D eigenvalue weighted by Crippen LogP contribution is -2.38. The molecular formula is C13H16F3NO2. The van der Waals surface area contributed by atoms with E-state index >= 15 is 0 Å². The molecule has 19 heavy (non-hydrogen) atoms. The minimum absolute atomic E-state index is 0.0788. The third-order valence-corrected chi connectivity index (χ3v) is 2.49. The van der Waals surface area contributed by atoms with E-state index in [1.54, 1.807) is 30.3 Å². The average molecular weight is 275 g/mol. The van der Waals surface area contributed by atoms with Crippen LogP contribution < -0.4 is 0 Å². The van der Waals surface area contributed by atoms with Gasteiger partial charge in [0.25, 0.3) is 0 Å². The van der Waals surface area contributed by atoms with Gasteiger partial charge in [-0.15, -0.1) is 0 Å². The average Bonchev–Trinajstić information content (AvgIpc) is 2.35. The fourth-order valence-corrected chi connectivity index (χ4v) is 1.64. The maximum Gasteiger partial charge on any atom is 0.406 e. The van der Waals surface area contributed by atoms with Crippen molar-refractivity contribution in [1.82, 2.24) is 4.90 Å². The van der Waals surface area contributed by atoms with E-state index in [0.29, 0.717) is 5.56 Å². The smallest absolute Gasteiger partial charge is 0.396 e. The van der Waals surface area contributed by atoms with Crippen LogP contribution >= 0.6 is 0 Å². The molecule has 0 aromatic heterocycles. The molecule has 106 valence electrons. The maximum absolute atomic E-state index is 12.4. The molecule has 0 aliphatic heterocycles. The summed E-state index contributed by atoms with van der Waals surface area (Å²) in [6, 6.07) is 8.51. The Labute approximate surface area is 109 Å². The third-order valence-electron chi connectivity index (χ3n) is 2.49. The normalized spacial score (nSPS) is 11.4. The van der Waals surface area contributed by atoms with Crippen molar-refractivity contribution in [2.75, 3.05) is 13.2 Å². The Balaban J connectivity index is 2.71. The van der Waals surface area contributed by atoms with Crippen LogP contribution in [-0.4, -0.2) is 35.2 Å². The molecule has 1 N–H and O–H groups in total. The number of aliphatic hydroxyl groups excluding tert-OH is 1. The molecule has 0 saturated carbocycles. The molecule has 0 unspecified atom stereocenters. The van der Waals surface area contributed by atoms with Crippen molar-refractivity contribution in [1.29, 1.82) is 0 Å². The van der Waals surface area contributed by atoms with Gasteiger partial charge >= 0.3 is 6.18 Å². The lowest BCUT2D eigenvalue weighted by molar-refractivity contribution is -0.162. The van der Waals surface area contributed by atoms with E-state index in [9.17, 15) is 18.0 Å². The van der Waals surface area contributed by atoms with Gasteiger partial charge in [-0.2, -0.15) is 13.2 Å². The summed E-state index contributed by atoms with van der Waals surface area (Å²) in [4.78, 5) is 12.5. The molecule has 0 saturated heterocycles. The highest BCUT2D eigenvalue weighted by Gasteiger charge is 2.32. The van der Waals surface area contributed by atoms with Crippen LogP contribution in [0.3, 0.4) is 0 Å². The van der Waals surface area contributed by atoms with Crippen molar-refractivity contribution in [3.05, 3.63) is 35.9 Å². The molecule has 6 heteroatoms. The first kappa shape index (κ1) is 15.5. The monoisotopic (exact) mass is 275 g/mol. The molecule has 1 aromatic rings. The fraction of sp³-hybridized carbons (Fsp3) is 0.462. The number of hydrogen-bond donors (Lipinski definition) is 1. The fourth-order valence-electron chi connectivity index (χ4n) is 1.64. The van der Waals surface area contributed by atoms with Gasteiger partial charge < -0.3 is 10.0 Å². The molecule has 0 atom stereocenters. The molecule has 3 nitrogen and oxygen atoms in total. The Morgan fingerprint density at radius 3 is 2.37 bits per heavy atom. The predicted molar refractivity (Wildman–Crippen MR) is 64.2 cm³/mol. The molecule has 0 spiro atoms.